The van der Waals surface area contributed by atoms with E-state index >= 15 is 0 Å². The molecule has 0 aromatic rings. The predicted octanol–water partition coefficient (Wildman–Crippen LogP) is 7.85. The monoisotopic (exact) mass is 412 g/mol. The fourth-order valence-electron chi connectivity index (χ4n) is 2.88. The van der Waals surface area contributed by atoms with Gasteiger partial charge in [-0.3, -0.25) is 4.79 Å². The molecule has 0 amide bonds. The van der Waals surface area contributed by atoms with Gasteiger partial charge in [-0.2, -0.15) is 0 Å². The summed E-state index contributed by atoms with van der Waals surface area (Å²) < 4.78 is 5.00. The number of carbonyl (C=O) groups is 2. The lowest BCUT2D eigenvalue weighted by Gasteiger charge is -2.04. The fraction of sp³-hybridized carbons (Fsp3) is 0.840. The van der Waals surface area contributed by atoms with Crippen LogP contribution in [0.5, 0.6) is 0 Å². The minimum absolute atomic E-state index is 0.237. The maximum atomic E-state index is 11.1. The summed E-state index contributed by atoms with van der Waals surface area (Å²) in [6.07, 6.45) is 19.6. The van der Waals surface area contributed by atoms with E-state index in [-0.39, 0.29) is 5.97 Å². The first-order chi connectivity index (χ1) is 14.0. The highest BCUT2D eigenvalue weighted by Gasteiger charge is 2.04. The van der Waals surface area contributed by atoms with Crippen molar-refractivity contribution in [2.75, 3.05) is 6.61 Å². The molecule has 0 unspecified atom stereocenters. The third-order valence-electron chi connectivity index (χ3n) is 4.94. The molecule has 0 aliphatic heterocycles. The number of unbranched alkanes of at least 4 members (excludes halogenated alkanes) is 13. The molecule has 0 saturated carbocycles. The Morgan fingerprint density at radius 3 is 1.52 bits per heavy atom. The molecule has 0 bridgehead atoms. The van der Waals surface area contributed by atoms with Gasteiger partial charge in [-0.1, -0.05) is 111 Å². The van der Waals surface area contributed by atoms with Crippen molar-refractivity contribution < 1.29 is 19.4 Å². The predicted molar refractivity (Wildman–Crippen MR) is 123 cm³/mol. The van der Waals surface area contributed by atoms with Crippen molar-refractivity contribution in [1.29, 1.82) is 0 Å². The number of esters is 1. The van der Waals surface area contributed by atoms with Crippen molar-refractivity contribution in [2.45, 2.75) is 130 Å². The van der Waals surface area contributed by atoms with Gasteiger partial charge in [-0.05, 0) is 19.3 Å². The fourth-order valence-corrected chi connectivity index (χ4v) is 2.88. The number of rotatable bonds is 19. The second-order valence-corrected chi connectivity index (χ2v) is 7.83. The average molecular weight is 413 g/mol. The lowest BCUT2D eigenvalue weighted by molar-refractivity contribution is -0.139. The van der Waals surface area contributed by atoms with E-state index in [1.807, 2.05) is 6.92 Å². The van der Waals surface area contributed by atoms with E-state index in [1.165, 1.54) is 70.6 Å². The molecule has 0 aliphatic carbocycles. The van der Waals surface area contributed by atoms with Gasteiger partial charge >= 0.3 is 11.9 Å². The van der Waals surface area contributed by atoms with Crippen LogP contribution in [-0.4, -0.2) is 23.7 Å². The third kappa shape index (κ3) is 26.7. The number of ether oxygens (including phenoxy) is 1. The summed E-state index contributed by atoms with van der Waals surface area (Å²) in [6, 6.07) is 0. The number of hydrogen-bond acceptors (Lipinski definition) is 3. The van der Waals surface area contributed by atoms with Crippen LogP contribution in [0.15, 0.2) is 12.2 Å². The summed E-state index contributed by atoms with van der Waals surface area (Å²) in [6.45, 7) is 10.5. The molecule has 0 fully saturated rings. The van der Waals surface area contributed by atoms with E-state index in [9.17, 15) is 9.59 Å². The maximum absolute atomic E-state index is 11.1. The van der Waals surface area contributed by atoms with Gasteiger partial charge in [-0.25, -0.2) is 4.79 Å². The smallest absolute Gasteiger partial charge is 0.333 e. The Balaban J connectivity index is 0. The lowest BCUT2D eigenvalue weighted by Crippen LogP contribution is -2.07. The van der Waals surface area contributed by atoms with Crippen LogP contribution < -0.4 is 0 Å². The van der Waals surface area contributed by atoms with E-state index in [4.69, 9.17) is 9.84 Å². The molecular weight excluding hydrogens is 364 g/mol. The molecule has 0 aliphatic rings. The van der Waals surface area contributed by atoms with Crippen LogP contribution in [0.1, 0.15) is 130 Å². The molecule has 4 nitrogen and oxygen atoms in total. The largest absolute Gasteiger partial charge is 0.481 e. The minimum Gasteiger partial charge on any atom is -0.481 e. The highest BCUT2D eigenvalue weighted by Crippen LogP contribution is 2.11. The molecule has 0 rings (SSSR count). The third-order valence-corrected chi connectivity index (χ3v) is 4.94. The Hall–Kier alpha value is -1.32. The zero-order valence-corrected chi connectivity index (χ0v) is 19.6. The molecular formula is C25H48O4. The van der Waals surface area contributed by atoms with Crippen molar-refractivity contribution in [3.63, 3.8) is 0 Å². The molecule has 0 aromatic carbocycles. The summed E-state index contributed by atoms with van der Waals surface area (Å²) in [5.41, 5.74) is 0.565. The topological polar surface area (TPSA) is 63.6 Å². The van der Waals surface area contributed by atoms with Gasteiger partial charge in [0.1, 0.15) is 0 Å². The molecule has 0 atom stereocenters. The van der Waals surface area contributed by atoms with Crippen LogP contribution in [0.25, 0.3) is 0 Å². The highest BCUT2D eigenvalue weighted by molar-refractivity contribution is 5.87. The van der Waals surface area contributed by atoms with Crippen molar-refractivity contribution >= 4 is 11.9 Å². The number of hydrogen-bond donors (Lipinski definition) is 1. The zero-order valence-electron chi connectivity index (χ0n) is 19.6. The zero-order chi connectivity index (χ0) is 22.2. The first-order valence-electron chi connectivity index (χ1n) is 12.1. The van der Waals surface area contributed by atoms with Crippen molar-refractivity contribution in [3.8, 4) is 0 Å². The van der Waals surface area contributed by atoms with Gasteiger partial charge in [0.2, 0.25) is 0 Å². The Kier molecular flexibility index (Phi) is 25.5. The Labute approximate surface area is 180 Å². The Morgan fingerprint density at radius 1 is 0.690 bits per heavy atom. The van der Waals surface area contributed by atoms with E-state index < -0.39 is 5.97 Å². The Morgan fingerprint density at radius 2 is 1.10 bits per heavy atom. The summed E-state index contributed by atoms with van der Waals surface area (Å²) in [5.74, 6) is -0.894. The second-order valence-electron chi connectivity index (χ2n) is 7.83. The normalized spacial score (nSPS) is 10.2. The molecule has 0 spiro atoms. The number of carbonyl (C=O) groups excluding carboxylic acids is 1. The van der Waals surface area contributed by atoms with Crippen molar-refractivity contribution in [2.24, 2.45) is 0 Å². The number of carboxylic acids is 1. The van der Waals surface area contributed by atoms with Crippen LogP contribution in [0.2, 0.25) is 0 Å². The molecule has 4 heteroatoms. The van der Waals surface area contributed by atoms with Gasteiger partial charge in [0, 0.05) is 12.0 Å². The first kappa shape index (κ1) is 29.9. The second kappa shape index (κ2) is 24.7. The van der Waals surface area contributed by atoms with Crippen LogP contribution in [-0.2, 0) is 14.3 Å². The average Bonchev–Trinajstić information content (AvgIpc) is 2.71. The van der Waals surface area contributed by atoms with Gasteiger partial charge in [-0.15, -0.1) is 0 Å². The van der Waals surface area contributed by atoms with E-state index in [0.717, 1.165) is 25.7 Å². The van der Waals surface area contributed by atoms with Crippen LogP contribution >= 0.6 is 0 Å². The molecule has 0 radical (unpaired) electrons. The summed E-state index contributed by atoms with van der Waals surface area (Å²) in [7, 11) is 0. The summed E-state index contributed by atoms with van der Waals surface area (Å²) in [4.78, 5) is 21.3. The van der Waals surface area contributed by atoms with Crippen molar-refractivity contribution in [1.82, 2.24) is 0 Å². The van der Waals surface area contributed by atoms with Gasteiger partial charge in [0.15, 0.2) is 0 Å². The number of carboxylic acid groups (broad SMARTS) is 1. The Bertz CT molecular complexity index is 390. The van der Waals surface area contributed by atoms with E-state index in [2.05, 4.69) is 20.4 Å². The highest BCUT2D eigenvalue weighted by atomic mass is 16.5. The molecule has 29 heavy (non-hydrogen) atoms. The summed E-state index contributed by atoms with van der Waals surface area (Å²) >= 11 is 0. The quantitative estimate of drug-likeness (QED) is 0.133. The van der Waals surface area contributed by atoms with Crippen LogP contribution in [0.3, 0.4) is 0 Å². The number of aliphatic carboxylic acids is 1. The van der Waals surface area contributed by atoms with Crippen LogP contribution in [0, 0.1) is 0 Å². The lowest BCUT2D eigenvalue weighted by atomic mass is 10.1. The van der Waals surface area contributed by atoms with E-state index in [1.54, 1.807) is 0 Å². The standard InChI is InChI=1S/C14H28O2.C11H20O2/c1-2-3-4-5-6-7-8-9-10-11-12-13-14(15)16;1-4-6-7-8-9-13-11(12)10(3)5-2/h2-13H2,1H3,(H,15,16);3-9H2,1-2H3. The molecule has 0 aromatic heterocycles. The minimum atomic E-state index is -0.657. The molecule has 0 heterocycles. The van der Waals surface area contributed by atoms with Gasteiger partial charge in [0.05, 0.1) is 6.61 Å². The van der Waals surface area contributed by atoms with Crippen LogP contribution in [0.4, 0.5) is 0 Å². The van der Waals surface area contributed by atoms with Gasteiger partial charge in [0.25, 0.3) is 0 Å². The molecule has 0 saturated heterocycles. The summed E-state index contributed by atoms with van der Waals surface area (Å²) in [5, 5.41) is 8.46. The SMILES string of the molecule is C=C(CC)C(=O)OCCCCCC.CCCCCCCCCCCCCC(=O)O. The maximum Gasteiger partial charge on any atom is 0.333 e. The van der Waals surface area contributed by atoms with Gasteiger partial charge < -0.3 is 9.84 Å². The van der Waals surface area contributed by atoms with E-state index in [0.29, 0.717) is 25.0 Å². The molecule has 172 valence electrons. The first-order valence-corrected chi connectivity index (χ1v) is 12.1. The van der Waals surface area contributed by atoms with Crippen molar-refractivity contribution in [3.05, 3.63) is 12.2 Å². The molecule has 1 N–H and O–H groups in total.